The highest BCUT2D eigenvalue weighted by Gasteiger charge is 2.21. The van der Waals surface area contributed by atoms with Gasteiger partial charge in [-0.1, -0.05) is 22.9 Å². The Morgan fingerprint density at radius 1 is 1.24 bits per heavy atom. The van der Waals surface area contributed by atoms with Crippen molar-refractivity contribution < 1.29 is 14.3 Å². The molecule has 2 aromatic carbocycles. The monoisotopic (exact) mass is 519 g/mol. The molecule has 0 saturated carbocycles. The molecule has 0 spiro atoms. The number of ether oxygens (including phenoxy) is 2. The zero-order chi connectivity index (χ0) is 23.9. The number of aryl methyl sites for hydroxylation is 1. The lowest BCUT2D eigenvalue weighted by atomic mass is 10.2. The van der Waals surface area contributed by atoms with E-state index < -0.39 is 0 Å². The summed E-state index contributed by atoms with van der Waals surface area (Å²) in [5.74, 6) is 1.64. The highest BCUT2D eigenvalue weighted by Crippen LogP contribution is 2.34. The fourth-order valence-electron chi connectivity index (χ4n) is 3.87. The van der Waals surface area contributed by atoms with Crippen LogP contribution in [0.3, 0.4) is 0 Å². The first-order valence-electron chi connectivity index (χ1n) is 11.5. The van der Waals surface area contributed by atoms with E-state index in [-0.39, 0.29) is 5.91 Å². The molecule has 1 aliphatic heterocycles. The van der Waals surface area contributed by atoms with Gasteiger partial charge in [-0.05, 0) is 55.3 Å². The minimum Gasteiger partial charge on any atom is -0.497 e. The molecule has 0 bridgehead atoms. The van der Waals surface area contributed by atoms with Gasteiger partial charge in [0.05, 0.1) is 30.5 Å². The summed E-state index contributed by atoms with van der Waals surface area (Å²) in [5.41, 5.74) is 1.84. The molecule has 2 heterocycles. The topological polar surface area (TPSA) is 54.9 Å². The van der Waals surface area contributed by atoms with Gasteiger partial charge in [0.1, 0.15) is 5.75 Å². The number of hydrogen-bond acceptors (Lipinski definition) is 7. The quantitative estimate of drug-likeness (QED) is 0.329. The van der Waals surface area contributed by atoms with E-state index in [2.05, 4.69) is 4.90 Å². The number of thiazole rings is 1. The minimum atomic E-state index is 0.103. The number of methoxy groups -OCH3 is 1. The zero-order valence-electron chi connectivity index (χ0n) is 19.6. The van der Waals surface area contributed by atoms with Crippen LogP contribution in [-0.4, -0.2) is 68.0 Å². The van der Waals surface area contributed by atoms with Gasteiger partial charge >= 0.3 is 0 Å². The van der Waals surface area contributed by atoms with Crippen LogP contribution in [0, 0.1) is 6.92 Å². The second-order valence-corrected chi connectivity index (χ2v) is 10.7. The third-order valence-corrected chi connectivity index (χ3v) is 8.34. The summed E-state index contributed by atoms with van der Waals surface area (Å²) in [7, 11) is 1.66. The summed E-state index contributed by atoms with van der Waals surface area (Å²) in [4.78, 5) is 23.6. The third-order valence-electron chi connectivity index (χ3n) is 5.87. The molecule has 1 amide bonds. The van der Waals surface area contributed by atoms with E-state index >= 15 is 0 Å². The van der Waals surface area contributed by atoms with Gasteiger partial charge in [0.2, 0.25) is 5.91 Å². The Labute approximate surface area is 214 Å². The molecule has 4 rings (SSSR count). The maximum Gasteiger partial charge on any atom is 0.229 e. The largest absolute Gasteiger partial charge is 0.497 e. The highest BCUT2D eigenvalue weighted by atomic mass is 35.5. The molecule has 0 N–H and O–H groups in total. The lowest BCUT2D eigenvalue weighted by Crippen LogP contribution is -2.39. The summed E-state index contributed by atoms with van der Waals surface area (Å²) in [6.45, 7) is 7.03. The Bertz CT molecular complexity index is 1100. The SMILES string of the molecule is COc1ccc(SCCC(=O)N(CCCN2CCOCC2)c2nc3c(C)c(Cl)ccc3s2)cc1. The number of rotatable bonds is 10. The molecule has 9 heteroatoms. The molecule has 0 unspecified atom stereocenters. The molecule has 0 atom stereocenters. The van der Waals surface area contributed by atoms with Gasteiger partial charge in [0, 0.05) is 48.3 Å². The van der Waals surface area contributed by atoms with Crippen LogP contribution in [-0.2, 0) is 9.53 Å². The first kappa shape index (κ1) is 25.3. The normalized spacial score (nSPS) is 14.4. The maximum absolute atomic E-state index is 13.3. The van der Waals surface area contributed by atoms with Crippen molar-refractivity contribution in [3.63, 3.8) is 0 Å². The lowest BCUT2D eigenvalue weighted by Gasteiger charge is -2.27. The summed E-state index contributed by atoms with van der Waals surface area (Å²) in [5, 5.41) is 1.45. The number of anilines is 1. The summed E-state index contributed by atoms with van der Waals surface area (Å²) < 4.78 is 11.7. The zero-order valence-corrected chi connectivity index (χ0v) is 22.0. The van der Waals surface area contributed by atoms with Crippen molar-refractivity contribution in [1.29, 1.82) is 0 Å². The van der Waals surface area contributed by atoms with Crippen LogP contribution in [0.15, 0.2) is 41.3 Å². The smallest absolute Gasteiger partial charge is 0.229 e. The second kappa shape index (κ2) is 12.2. The van der Waals surface area contributed by atoms with Crippen LogP contribution in [0.4, 0.5) is 5.13 Å². The molecular weight excluding hydrogens is 490 g/mol. The van der Waals surface area contributed by atoms with Crippen molar-refractivity contribution in [1.82, 2.24) is 9.88 Å². The van der Waals surface area contributed by atoms with Gasteiger partial charge < -0.3 is 9.47 Å². The number of morpholine rings is 1. The number of carbonyl (C=O) groups is 1. The number of halogens is 1. The molecule has 1 aliphatic rings. The molecule has 0 aliphatic carbocycles. The van der Waals surface area contributed by atoms with Crippen molar-refractivity contribution in [3.05, 3.63) is 47.0 Å². The number of aromatic nitrogens is 1. The Morgan fingerprint density at radius 3 is 2.74 bits per heavy atom. The average molecular weight is 520 g/mol. The Hall–Kier alpha value is -1.84. The number of thioether (sulfide) groups is 1. The predicted octanol–water partition coefficient (Wildman–Crippen LogP) is 5.50. The van der Waals surface area contributed by atoms with Crippen molar-refractivity contribution in [2.45, 2.75) is 24.7 Å². The minimum absolute atomic E-state index is 0.103. The van der Waals surface area contributed by atoms with Crippen LogP contribution in [0.1, 0.15) is 18.4 Å². The van der Waals surface area contributed by atoms with Gasteiger partial charge in [0.15, 0.2) is 5.13 Å². The third kappa shape index (κ3) is 6.43. The van der Waals surface area contributed by atoms with Crippen molar-refractivity contribution >= 4 is 56.0 Å². The summed E-state index contributed by atoms with van der Waals surface area (Å²) in [6, 6.07) is 11.8. The fraction of sp³-hybridized carbons (Fsp3) is 0.440. The molecule has 182 valence electrons. The molecule has 34 heavy (non-hydrogen) atoms. The second-order valence-electron chi connectivity index (χ2n) is 8.14. The lowest BCUT2D eigenvalue weighted by molar-refractivity contribution is -0.118. The van der Waals surface area contributed by atoms with Crippen LogP contribution < -0.4 is 9.64 Å². The van der Waals surface area contributed by atoms with Gasteiger partial charge in [-0.25, -0.2) is 4.98 Å². The Kier molecular flexibility index (Phi) is 9.08. The van der Waals surface area contributed by atoms with E-state index in [0.717, 1.165) is 70.8 Å². The first-order chi connectivity index (χ1) is 16.5. The van der Waals surface area contributed by atoms with Gasteiger partial charge in [0.25, 0.3) is 0 Å². The van der Waals surface area contributed by atoms with E-state index in [0.29, 0.717) is 23.7 Å². The van der Waals surface area contributed by atoms with Crippen LogP contribution in [0.2, 0.25) is 5.02 Å². The number of hydrogen-bond donors (Lipinski definition) is 0. The molecule has 3 aromatic rings. The van der Waals surface area contributed by atoms with E-state index in [9.17, 15) is 4.79 Å². The fourth-order valence-corrected chi connectivity index (χ4v) is 5.93. The van der Waals surface area contributed by atoms with E-state index in [1.807, 2.05) is 48.2 Å². The first-order valence-corrected chi connectivity index (χ1v) is 13.7. The molecule has 0 radical (unpaired) electrons. The number of amides is 1. The number of fused-ring (bicyclic) bond motifs is 1. The number of carbonyl (C=O) groups excluding carboxylic acids is 1. The maximum atomic E-state index is 13.3. The molecule has 1 saturated heterocycles. The Balaban J connectivity index is 1.43. The van der Waals surface area contributed by atoms with Gasteiger partial charge in [-0.15, -0.1) is 11.8 Å². The summed E-state index contributed by atoms with van der Waals surface area (Å²) >= 11 is 9.55. The predicted molar refractivity (Wildman–Crippen MR) is 142 cm³/mol. The molecule has 6 nitrogen and oxygen atoms in total. The number of nitrogens with zero attached hydrogens (tertiary/aromatic N) is 3. The Morgan fingerprint density at radius 2 is 2.00 bits per heavy atom. The van der Waals surface area contributed by atoms with E-state index in [1.54, 1.807) is 30.2 Å². The van der Waals surface area contributed by atoms with Gasteiger partial charge in [-0.3, -0.25) is 14.6 Å². The average Bonchev–Trinajstić information content (AvgIpc) is 3.30. The summed E-state index contributed by atoms with van der Waals surface area (Å²) in [6.07, 6.45) is 1.34. The molecule has 1 aromatic heterocycles. The standard InChI is InChI=1S/C25H30ClN3O3S2/c1-18-21(26)8-9-22-24(18)27-25(34-22)29(12-3-11-28-13-15-32-16-14-28)23(30)10-17-33-20-6-4-19(31-2)5-7-20/h4-9H,3,10-17H2,1-2H3. The van der Waals surface area contributed by atoms with Crippen LogP contribution >= 0.6 is 34.7 Å². The van der Waals surface area contributed by atoms with E-state index in [4.69, 9.17) is 26.1 Å². The molecular formula is C25H30ClN3O3S2. The van der Waals surface area contributed by atoms with Crippen molar-refractivity contribution in [2.75, 3.05) is 57.2 Å². The van der Waals surface area contributed by atoms with Crippen molar-refractivity contribution in [2.24, 2.45) is 0 Å². The van der Waals surface area contributed by atoms with Crippen molar-refractivity contribution in [3.8, 4) is 5.75 Å². The highest BCUT2D eigenvalue weighted by molar-refractivity contribution is 7.99. The van der Waals surface area contributed by atoms with Gasteiger partial charge in [-0.2, -0.15) is 0 Å². The molecule has 1 fully saturated rings. The van der Waals surface area contributed by atoms with Crippen LogP contribution in [0.25, 0.3) is 10.2 Å². The number of benzene rings is 2. The van der Waals surface area contributed by atoms with E-state index in [1.165, 1.54) is 0 Å². The van der Waals surface area contributed by atoms with Crippen LogP contribution in [0.5, 0.6) is 5.75 Å².